The average molecular weight is 366 g/mol. The van der Waals surface area contributed by atoms with E-state index in [4.69, 9.17) is 11.6 Å². The Bertz CT molecular complexity index is 644. The molecule has 2 aromatic rings. The first-order valence-corrected chi connectivity index (χ1v) is 6.70. The minimum atomic E-state index is -4.39. The summed E-state index contributed by atoms with van der Waals surface area (Å²) in [6.45, 7) is 1.41. The van der Waals surface area contributed by atoms with Crippen molar-refractivity contribution in [3.8, 4) is 0 Å². The first-order valence-electron chi connectivity index (χ1n) is 5.53. The molecular weight excluding hydrogens is 357 g/mol. The van der Waals surface area contributed by atoms with Crippen LogP contribution in [0.5, 0.6) is 0 Å². The Morgan fingerprint density at radius 1 is 1.25 bits per heavy atom. The lowest BCUT2D eigenvalue weighted by Crippen LogP contribution is -2.08. The van der Waals surface area contributed by atoms with Gasteiger partial charge >= 0.3 is 6.18 Å². The van der Waals surface area contributed by atoms with Crippen LogP contribution in [0.25, 0.3) is 0 Å². The molecule has 1 N–H and O–H groups in total. The largest absolute Gasteiger partial charge is 0.416 e. The van der Waals surface area contributed by atoms with Gasteiger partial charge in [0, 0.05) is 16.4 Å². The van der Waals surface area contributed by atoms with E-state index in [0.29, 0.717) is 15.3 Å². The van der Waals surface area contributed by atoms with E-state index in [1.165, 1.54) is 19.2 Å². The van der Waals surface area contributed by atoms with Crippen LogP contribution < -0.4 is 5.32 Å². The van der Waals surface area contributed by atoms with E-state index in [0.717, 1.165) is 6.07 Å². The third-order valence-corrected chi connectivity index (χ3v) is 3.34. The molecule has 7 heteroatoms. The number of hydrogen-bond acceptors (Lipinski definition) is 2. The molecule has 0 saturated carbocycles. The van der Waals surface area contributed by atoms with Crippen LogP contribution in [-0.4, -0.2) is 4.98 Å². The number of alkyl halides is 3. The summed E-state index contributed by atoms with van der Waals surface area (Å²) < 4.78 is 39.2. The zero-order valence-electron chi connectivity index (χ0n) is 10.2. The van der Waals surface area contributed by atoms with Crippen LogP contribution in [0.3, 0.4) is 0 Å². The molecule has 0 fully saturated rings. The van der Waals surface area contributed by atoms with Crippen molar-refractivity contribution in [3.63, 3.8) is 0 Å². The fourth-order valence-electron chi connectivity index (χ4n) is 1.65. The van der Waals surface area contributed by atoms with Crippen molar-refractivity contribution in [2.75, 3.05) is 5.32 Å². The van der Waals surface area contributed by atoms with E-state index < -0.39 is 11.7 Å². The van der Waals surface area contributed by atoms with Gasteiger partial charge in [-0.05, 0) is 46.6 Å². The van der Waals surface area contributed by atoms with Gasteiger partial charge in [-0.15, -0.1) is 0 Å². The van der Waals surface area contributed by atoms with Gasteiger partial charge in [-0.25, -0.2) is 4.98 Å². The molecule has 0 unspecified atom stereocenters. The zero-order valence-corrected chi connectivity index (χ0v) is 12.6. The quantitative estimate of drug-likeness (QED) is 0.753. The van der Waals surface area contributed by atoms with Crippen LogP contribution in [0.2, 0.25) is 5.02 Å². The number of halogens is 5. The molecule has 0 aliphatic rings. The molecule has 0 saturated heterocycles. The Morgan fingerprint density at radius 2 is 1.95 bits per heavy atom. The molecule has 0 aliphatic carbocycles. The van der Waals surface area contributed by atoms with E-state index in [1.807, 2.05) is 0 Å². The second kappa shape index (κ2) is 5.61. The van der Waals surface area contributed by atoms with Gasteiger partial charge in [-0.1, -0.05) is 17.7 Å². The van der Waals surface area contributed by atoms with Crippen molar-refractivity contribution in [2.45, 2.75) is 13.1 Å². The molecule has 1 aromatic carbocycles. The van der Waals surface area contributed by atoms with E-state index >= 15 is 0 Å². The first kappa shape index (κ1) is 15.1. The van der Waals surface area contributed by atoms with Crippen molar-refractivity contribution >= 4 is 39.0 Å². The number of hydrogen-bond donors (Lipinski definition) is 1. The maximum Gasteiger partial charge on any atom is 0.416 e. The molecular formula is C13H9BrClF3N2. The zero-order chi connectivity index (χ0) is 14.9. The lowest BCUT2D eigenvalue weighted by Gasteiger charge is -2.13. The van der Waals surface area contributed by atoms with E-state index in [2.05, 4.69) is 26.2 Å². The summed E-state index contributed by atoms with van der Waals surface area (Å²) in [5, 5.41) is 3.09. The van der Waals surface area contributed by atoms with Crippen molar-refractivity contribution in [1.82, 2.24) is 4.98 Å². The Kier molecular flexibility index (Phi) is 4.25. The van der Waals surface area contributed by atoms with Gasteiger partial charge in [0.15, 0.2) is 0 Å². The van der Waals surface area contributed by atoms with Crippen molar-refractivity contribution in [3.05, 3.63) is 51.1 Å². The summed E-state index contributed by atoms with van der Waals surface area (Å²) in [7, 11) is 0. The van der Waals surface area contributed by atoms with Crippen molar-refractivity contribution in [1.29, 1.82) is 0 Å². The minimum Gasteiger partial charge on any atom is -0.339 e. The van der Waals surface area contributed by atoms with Gasteiger partial charge in [0.2, 0.25) is 0 Å². The fraction of sp³-hybridized carbons (Fsp3) is 0.154. The molecule has 0 bridgehead atoms. The average Bonchev–Trinajstić information content (AvgIpc) is 2.33. The number of aromatic nitrogens is 1. The van der Waals surface area contributed by atoms with Crippen LogP contribution in [0.1, 0.15) is 11.1 Å². The molecule has 0 aliphatic heterocycles. The first-order chi connectivity index (χ1) is 9.27. The molecule has 0 atom stereocenters. The summed E-state index contributed by atoms with van der Waals surface area (Å²) in [6.07, 6.45) is -2.88. The highest BCUT2D eigenvalue weighted by Gasteiger charge is 2.32. The standard InChI is InChI=1S/C13H9BrClF3N2/c1-7-2-3-9(5-10(7)13(16,17)18)20-12-11(15)4-8(14)6-19-12/h2-6H,1H3,(H,19,20). The molecule has 2 rings (SSSR count). The molecule has 2 nitrogen and oxygen atoms in total. The van der Waals surface area contributed by atoms with Gasteiger partial charge in [-0.3, -0.25) is 0 Å². The normalized spacial score (nSPS) is 11.5. The Hall–Kier alpha value is -1.27. The van der Waals surface area contributed by atoms with Crippen LogP contribution in [0.4, 0.5) is 24.7 Å². The SMILES string of the molecule is Cc1ccc(Nc2ncc(Br)cc2Cl)cc1C(F)(F)F. The number of anilines is 2. The summed E-state index contributed by atoms with van der Waals surface area (Å²) in [5.41, 5.74) is -0.242. The van der Waals surface area contributed by atoms with Crippen molar-refractivity contribution < 1.29 is 13.2 Å². The predicted molar refractivity (Wildman–Crippen MR) is 76.4 cm³/mol. The van der Waals surface area contributed by atoms with Crippen LogP contribution >= 0.6 is 27.5 Å². The highest BCUT2D eigenvalue weighted by atomic mass is 79.9. The second-order valence-electron chi connectivity index (χ2n) is 4.14. The molecule has 0 spiro atoms. The highest BCUT2D eigenvalue weighted by Crippen LogP contribution is 2.34. The minimum absolute atomic E-state index is 0.165. The monoisotopic (exact) mass is 364 g/mol. The van der Waals surface area contributed by atoms with E-state index in [1.54, 1.807) is 12.1 Å². The lowest BCUT2D eigenvalue weighted by atomic mass is 10.1. The molecule has 1 aromatic heterocycles. The Labute approximate surface area is 127 Å². The summed E-state index contributed by atoms with van der Waals surface area (Å²) in [5.74, 6) is 0.298. The molecule has 106 valence electrons. The van der Waals surface area contributed by atoms with Gasteiger partial charge in [0.05, 0.1) is 10.6 Å². The van der Waals surface area contributed by atoms with Crippen LogP contribution in [0.15, 0.2) is 34.9 Å². The summed E-state index contributed by atoms with van der Waals surface area (Å²) >= 11 is 9.17. The Morgan fingerprint density at radius 3 is 2.55 bits per heavy atom. The maximum absolute atomic E-state index is 12.8. The number of nitrogens with one attached hydrogen (secondary N) is 1. The number of aryl methyl sites for hydroxylation is 1. The van der Waals surface area contributed by atoms with Gasteiger partial charge in [0.1, 0.15) is 5.82 Å². The topological polar surface area (TPSA) is 24.9 Å². The third kappa shape index (κ3) is 3.43. The lowest BCUT2D eigenvalue weighted by molar-refractivity contribution is -0.138. The highest BCUT2D eigenvalue weighted by molar-refractivity contribution is 9.10. The van der Waals surface area contributed by atoms with Crippen LogP contribution in [0, 0.1) is 6.92 Å². The predicted octanol–water partition coefficient (Wildman–Crippen LogP) is 5.57. The number of benzene rings is 1. The second-order valence-corrected chi connectivity index (χ2v) is 5.46. The molecule has 1 heterocycles. The van der Waals surface area contributed by atoms with E-state index in [-0.39, 0.29) is 11.3 Å². The fourth-order valence-corrected chi connectivity index (χ4v) is 2.33. The molecule has 0 amide bonds. The van der Waals surface area contributed by atoms with Crippen molar-refractivity contribution in [2.24, 2.45) is 0 Å². The maximum atomic E-state index is 12.8. The van der Waals surface area contributed by atoms with Gasteiger partial charge in [0.25, 0.3) is 0 Å². The summed E-state index contributed by atoms with van der Waals surface area (Å²) in [6, 6.07) is 5.59. The van der Waals surface area contributed by atoms with Crippen LogP contribution in [-0.2, 0) is 6.18 Å². The molecule has 0 radical (unpaired) electrons. The summed E-state index contributed by atoms with van der Waals surface area (Å²) in [4.78, 5) is 4.02. The smallest absolute Gasteiger partial charge is 0.339 e. The van der Waals surface area contributed by atoms with Gasteiger partial charge in [-0.2, -0.15) is 13.2 Å². The number of rotatable bonds is 2. The van der Waals surface area contributed by atoms with E-state index in [9.17, 15) is 13.2 Å². The molecule has 20 heavy (non-hydrogen) atoms. The Balaban J connectivity index is 2.35. The third-order valence-electron chi connectivity index (χ3n) is 2.61. The number of pyridine rings is 1. The van der Waals surface area contributed by atoms with Gasteiger partial charge < -0.3 is 5.32 Å². The number of nitrogens with zero attached hydrogens (tertiary/aromatic N) is 1.